The summed E-state index contributed by atoms with van der Waals surface area (Å²) in [4.78, 5) is 5.78. The Hall–Kier alpha value is -1.20. The molecule has 0 aliphatic rings. The molecule has 1 N–H and O–H groups in total. The van der Waals surface area contributed by atoms with E-state index in [1.807, 2.05) is 4.68 Å². The van der Waals surface area contributed by atoms with Gasteiger partial charge < -0.3 is 5.32 Å². The smallest absolute Gasteiger partial charge is 0.138 e. The standard InChI is InChI=1S/C14H22N4S/c1-4-15-12(13-6-5-7-19-13)8-14-16-10-17-18(14)9-11(2)3/h5-7,10-12,15H,4,8-9H2,1-3H3. The summed E-state index contributed by atoms with van der Waals surface area (Å²) in [6.45, 7) is 8.43. The van der Waals surface area contributed by atoms with Crippen molar-refractivity contribution in [2.75, 3.05) is 6.54 Å². The Balaban J connectivity index is 2.11. The van der Waals surface area contributed by atoms with Crippen LogP contribution in [0.2, 0.25) is 0 Å². The van der Waals surface area contributed by atoms with E-state index in [2.05, 4.69) is 53.7 Å². The molecule has 0 saturated carbocycles. The van der Waals surface area contributed by atoms with Crippen LogP contribution >= 0.6 is 11.3 Å². The van der Waals surface area contributed by atoms with Gasteiger partial charge in [0.2, 0.25) is 0 Å². The zero-order valence-corrected chi connectivity index (χ0v) is 12.7. The topological polar surface area (TPSA) is 42.7 Å². The van der Waals surface area contributed by atoms with E-state index >= 15 is 0 Å². The predicted octanol–water partition coefficient (Wildman–Crippen LogP) is 2.89. The lowest BCUT2D eigenvalue weighted by molar-refractivity contribution is 0.448. The van der Waals surface area contributed by atoms with Crippen molar-refractivity contribution in [2.24, 2.45) is 5.92 Å². The highest BCUT2D eigenvalue weighted by molar-refractivity contribution is 7.10. The molecule has 0 fully saturated rings. The molecule has 0 spiro atoms. The summed E-state index contributed by atoms with van der Waals surface area (Å²) in [7, 11) is 0. The Labute approximate surface area is 118 Å². The lowest BCUT2D eigenvalue weighted by Crippen LogP contribution is -2.24. The maximum Gasteiger partial charge on any atom is 0.138 e. The van der Waals surface area contributed by atoms with E-state index in [1.54, 1.807) is 17.7 Å². The molecule has 2 aromatic heterocycles. The van der Waals surface area contributed by atoms with E-state index < -0.39 is 0 Å². The van der Waals surface area contributed by atoms with Gasteiger partial charge in [-0.25, -0.2) is 9.67 Å². The van der Waals surface area contributed by atoms with Gasteiger partial charge in [0.25, 0.3) is 0 Å². The van der Waals surface area contributed by atoms with Crippen molar-refractivity contribution >= 4 is 11.3 Å². The fraction of sp³-hybridized carbons (Fsp3) is 0.571. The van der Waals surface area contributed by atoms with E-state index in [9.17, 15) is 0 Å². The zero-order chi connectivity index (χ0) is 13.7. The second-order valence-electron chi connectivity index (χ2n) is 5.08. The fourth-order valence-electron chi connectivity index (χ4n) is 2.14. The lowest BCUT2D eigenvalue weighted by Gasteiger charge is -2.17. The molecule has 104 valence electrons. The van der Waals surface area contributed by atoms with Gasteiger partial charge in [-0.2, -0.15) is 5.10 Å². The predicted molar refractivity (Wildman–Crippen MR) is 79.3 cm³/mol. The number of thiophene rings is 1. The molecule has 0 amide bonds. The Morgan fingerprint density at radius 1 is 1.42 bits per heavy atom. The molecule has 4 nitrogen and oxygen atoms in total. The van der Waals surface area contributed by atoms with Crippen molar-refractivity contribution in [1.29, 1.82) is 0 Å². The summed E-state index contributed by atoms with van der Waals surface area (Å²) in [6, 6.07) is 4.62. The van der Waals surface area contributed by atoms with Gasteiger partial charge in [0, 0.05) is 23.9 Å². The number of aromatic nitrogens is 3. The third kappa shape index (κ3) is 3.88. The first-order valence-electron chi connectivity index (χ1n) is 6.84. The second kappa shape index (κ2) is 6.82. The van der Waals surface area contributed by atoms with Gasteiger partial charge >= 0.3 is 0 Å². The minimum atomic E-state index is 0.333. The largest absolute Gasteiger partial charge is 0.309 e. The number of rotatable bonds is 7. The Bertz CT molecular complexity index is 475. The summed E-state index contributed by atoms with van der Waals surface area (Å²) >= 11 is 1.79. The number of hydrogen-bond acceptors (Lipinski definition) is 4. The molecule has 0 radical (unpaired) electrons. The summed E-state index contributed by atoms with van der Waals surface area (Å²) in [5.41, 5.74) is 0. The summed E-state index contributed by atoms with van der Waals surface area (Å²) in [5.74, 6) is 1.65. The first kappa shape index (κ1) is 14.2. The summed E-state index contributed by atoms with van der Waals surface area (Å²) in [5, 5.41) is 9.99. The number of nitrogens with zero attached hydrogens (tertiary/aromatic N) is 3. The van der Waals surface area contributed by atoms with Crippen LogP contribution < -0.4 is 5.32 Å². The summed E-state index contributed by atoms with van der Waals surface area (Å²) < 4.78 is 2.03. The van der Waals surface area contributed by atoms with Crippen molar-refractivity contribution in [2.45, 2.75) is 39.8 Å². The quantitative estimate of drug-likeness (QED) is 0.847. The lowest BCUT2D eigenvalue weighted by atomic mass is 10.1. The van der Waals surface area contributed by atoms with Gasteiger partial charge in [-0.3, -0.25) is 0 Å². The van der Waals surface area contributed by atoms with Crippen LogP contribution in [0.1, 0.15) is 37.5 Å². The number of nitrogens with one attached hydrogen (secondary N) is 1. The van der Waals surface area contributed by atoms with E-state index in [0.717, 1.165) is 25.3 Å². The third-order valence-electron chi connectivity index (χ3n) is 2.96. The molecule has 1 unspecified atom stereocenters. The average Bonchev–Trinajstić information content (AvgIpc) is 3.00. The van der Waals surface area contributed by atoms with Crippen molar-refractivity contribution < 1.29 is 0 Å². The minimum absolute atomic E-state index is 0.333. The molecule has 2 heterocycles. The number of likely N-dealkylation sites (N-methyl/N-ethyl adjacent to an activating group) is 1. The van der Waals surface area contributed by atoms with Crippen LogP contribution in [0.15, 0.2) is 23.8 Å². The van der Waals surface area contributed by atoms with Gasteiger partial charge in [0.15, 0.2) is 0 Å². The van der Waals surface area contributed by atoms with E-state index in [4.69, 9.17) is 0 Å². The molecular formula is C14H22N4S. The second-order valence-corrected chi connectivity index (χ2v) is 6.06. The third-order valence-corrected chi connectivity index (χ3v) is 3.94. The molecule has 2 aromatic rings. The van der Waals surface area contributed by atoms with Gasteiger partial charge in [0.1, 0.15) is 12.2 Å². The molecule has 0 aromatic carbocycles. The minimum Gasteiger partial charge on any atom is -0.309 e. The van der Waals surface area contributed by atoms with Crippen LogP contribution in [0.3, 0.4) is 0 Å². The fourth-order valence-corrected chi connectivity index (χ4v) is 2.94. The first-order chi connectivity index (χ1) is 9.20. The molecule has 1 atom stereocenters. The van der Waals surface area contributed by atoms with E-state index in [1.165, 1.54) is 4.88 Å². The van der Waals surface area contributed by atoms with Crippen LogP contribution in [-0.2, 0) is 13.0 Å². The van der Waals surface area contributed by atoms with Gasteiger partial charge in [-0.05, 0) is 23.9 Å². The van der Waals surface area contributed by atoms with Gasteiger partial charge in [-0.15, -0.1) is 11.3 Å². The van der Waals surface area contributed by atoms with Crippen molar-refractivity contribution in [3.05, 3.63) is 34.5 Å². The monoisotopic (exact) mass is 278 g/mol. The first-order valence-corrected chi connectivity index (χ1v) is 7.72. The SMILES string of the molecule is CCNC(Cc1ncnn1CC(C)C)c1cccs1. The van der Waals surface area contributed by atoms with Crippen molar-refractivity contribution in [1.82, 2.24) is 20.1 Å². The molecule has 0 bridgehead atoms. The highest BCUT2D eigenvalue weighted by Gasteiger charge is 2.16. The van der Waals surface area contributed by atoms with Crippen LogP contribution in [-0.4, -0.2) is 21.3 Å². The molecule has 2 rings (SSSR count). The van der Waals surface area contributed by atoms with Crippen molar-refractivity contribution in [3.63, 3.8) is 0 Å². The van der Waals surface area contributed by atoms with Crippen LogP contribution in [0.25, 0.3) is 0 Å². The summed E-state index contributed by atoms with van der Waals surface area (Å²) in [6.07, 6.45) is 2.55. The van der Waals surface area contributed by atoms with Crippen LogP contribution in [0.4, 0.5) is 0 Å². The van der Waals surface area contributed by atoms with E-state index in [0.29, 0.717) is 12.0 Å². The Morgan fingerprint density at radius 3 is 2.89 bits per heavy atom. The maximum absolute atomic E-state index is 4.42. The zero-order valence-electron chi connectivity index (χ0n) is 11.8. The number of hydrogen-bond donors (Lipinski definition) is 1. The van der Waals surface area contributed by atoms with Crippen LogP contribution in [0.5, 0.6) is 0 Å². The van der Waals surface area contributed by atoms with E-state index in [-0.39, 0.29) is 0 Å². The van der Waals surface area contributed by atoms with Crippen molar-refractivity contribution in [3.8, 4) is 0 Å². The maximum atomic E-state index is 4.42. The molecule has 5 heteroatoms. The van der Waals surface area contributed by atoms with Gasteiger partial charge in [-0.1, -0.05) is 26.8 Å². The molecule has 0 aliphatic heterocycles. The highest BCUT2D eigenvalue weighted by atomic mass is 32.1. The molecule has 0 saturated heterocycles. The van der Waals surface area contributed by atoms with Crippen LogP contribution in [0, 0.1) is 5.92 Å². The average molecular weight is 278 g/mol. The Morgan fingerprint density at radius 2 is 2.26 bits per heavy atom. The highest BCUT2D eigenvalue weighted by Crippen LogP contribution is 2.22. The molecule has 19 heavy (non-hydrogen) atoms. The normalized spacial score (nSPS) is 13.1. The Kier molecular flexibility index (Phi) is 5.10. The molecular weight excluding hydrogens is 256 g/mol. The molecule has 0 aliphatic carbocycles. The van der Waals surface area contributed by atoms with Gasteiger partial charge in [0.05, 0.1) is 0 Å².